The van der Waals surface area contributed by atoms with E-state index in [0.29, 0.717) is 12.8 Å². The maximum atomic E-state index is 10.4. The molecule has 1 rings (SSSR count). The van der Waals surface area contributed by atoms with Gasteiger partial charge in [-0.15, -0.1) is 0 Å². The van der Waals surface area contributed by atoms with Crippen molar-refractivity contribution in [3.8, 4) is 0 Å². The standard InChI is InChI=1S/C6H8O2.2C2H6/c7-5-3-1-2-4-6(5)8;2*1-2/h1-4H2;2*1-2H3. The van der Waals surface area contributed by atoms with Gasteiger partial charge in [-0.25, -0.2) is 0 Å². The van der Waals surface area contributed by atoms with E-state index in [1.807, 2.05) is 27.7 Å². The van der Waals surface area contributed by atoms with Gasteiger partial charge in [0.2, 0.25) is 0 Å². The fourth-order valence-electron chi connectivity index (χ4n) is 0.850. The van der Waals surface area contributed by atoms with Crippen LogP contribution >= 0.6 is 0 Å². The van der Waals surface area contributed by atoms with E-state index in [2.05, 4.69) is 0 Å². The van der Waals surface area contributed by atoms with E-state index >= 15 is 0 Å². The van der Waals surface area contributed by atoms with Gasteiger partial charge in [0.1, 0.15) is 0 Å². The van der Waals surface area contributed by atoms with Crippen LogP contribution in [0.25, 0.3) is 0 Å². The van der Waals surface area contributed by atoms with E-state index in [1.54, 1.807) is 0 Å². The van der Waals surface area contributed by atoms with Crippen molar-refractivity contribution >= 4 is 11.6 Å². The third kappa shape index (κ3) is 6.08. The number of carbonyl (C=O) groups excluding carboxylic acids is 2. The van der Waals surface area contributed by atoms with Gasteiger partial charge in [0.05, 0.1) is 0 Å². The molecule has 1 aliphatic carbocycles. The first-order valence-electron chi connectivity index (χ1n) is 4.87. The van der Waals surface area contributed by atoms with E-state index < -0.39 is 0 Å². The van der Waals surface area contributed by atoms with E-state index in [9.17, 15) is 9.59 Å². The second-order valence-corrected chi connectivity index (χ2v) is 2.05. The van der Waals surface area contributed by atoms with Gasteiger partial charge < -0.3 is 0 Å². The summed E-state index contributed by atoms with van der Waals surface area (Å²) in [4.78, 5) is 20.9. The Balaban J connectivity index is 0. The largest absolute Gasteiger partial charge is 0.291 e. The first-order valence-corrected chi connectivity index (χ1v) is 4.87. The molecule has 0 radical (unpaired) electrons. The molecular weight excluding hydrogens is 152 g/mol. The maximum absolute atomic E-state index is 10.4. The van der Waals surface area contributed by atoms with Crippen LogP contribution in [0.15, 0.2) is 0 Å². The van der Waals surface area contributed by atoms with Gasteiger partial charge >= 0.3 is 0 Å². The molecule has 0 aliphatic heterocycles. The first-order chi connectivity index (χ1) is 5.80. The van der Waals surface area contributed by atoms with Crippen LogP contribution in [0.5, 0.6) is 0 Å². The summed E-state index contributed by atoms with van der Waals surface area (Å²) in [7, 11) is 0. The highest BCUT2D eigenvalue weighted by atomic mass is 16.2. The maximum Gasteiger partial charge on any atom is 0.198 e. The third-order valence-corrected chi connectivity index (χ3v) is 1.37. The van der Waals surface area contributed by atoms with Gasteiger partial charge in [-0.1, -0.05) is 27.7 Å². The Kier molecular flexibility index (Phi) is 12.0. The normalized spacial score (nSPS) is 15.3. The molecule has 1 aliphatic rings. The number of ketones is 2. The van der Waals surface area contributed by atoms with Crippen LogP contribution in [0.3, 0.4) is 0 Å². The zero-order valence-electron chi connectivity index (χ0n) is 8.64. The average molecular weight is 172 g/mol. The van der Waals surface area contributed by atoms with Crippen LogP contribution < -0.4 is 0 Å². The SMILES string of the molecule is CC.CC.O=C1CCCCC1=O. The lowest BCUT2D eigenvalue weighted by molar-refractivity contribution is -0.137. The zero-order chi connectivity index (χ0) is 9.98. The summed E-state index contributed by atoms with van der Waals surface area (Å²) in [6.07, 6.45) is 2.78. The Morgan fingerprint density at radius 1 is 0.750 bits per heavy atom. The summed E-state index contributed by atoms with van der Waals surface area (Å²) in [5.74, 6) is -0.340. The summed E-state index contributed by atoms with van der Waals surface area (Å²) in [6, 6.07) is 0. The second kappa shape index (κ2) is 10.3. The molecule has 1 saturated carbocycles. The summed E-state index contributed by atoms with van der Waals surface area (Å²) in [6.45, 7) is 8.00. The van der Waals surface area contributed by atoms with Crippen molar-refractivity contribution in [2.45, 2.75) is 53.4 Å². The van der Waals surface area contributed by atoms with Crippen LogP contribution in [0.4, 0.5) is 0 Å². The number of carbonyl (C=O) groups is 2. The predicted octanol–water partition coefficient (Wildman–Crippen LogP) is 2.75. The van der Waals surface area contributed by atoms with Gasteiger partial charge in [0.15, 0.2) is 11.6 Å². The molecule has 0 spiro atoms. The van der Waals surface area contributed by atoms with Gasteiger partial charge in [0, 0.05) is 12.8 Å². The molecule has 12 heavy (non-hydrogen) atoms. The molecule has 2 heteroatoms. The minimum Gasteiger partial charge on any atom is -0.291 e. The van der Waals surface area contributed by atoms with Gasteiger partial charge in [0.25, 0.3) is 0 Å². The lowest BCUT2D eigenvalue weighted by Crippen LogP contribution is -2.17. The highest BCUT2D eigenvalue weighted by Gasteiger charge is 2.16. The fraction of sp³-hybridized carbons (Fsp3) is 0.800. The summed E-state index contributed by atoms with van der Waals surface area (Å²) in [5, 5.41) is 0. The minimum absolute atomic E-state index is 0.170. The Hall–Kier alpha value is -0.660. The minimum atomic E-state index is -0.170. The second-order valence-electron chi connectivity index (χ2n) is 2.05. The van der Waals surface area contributed by atoms with Crippen molar-refractivity contribution < 1.29 is 9.59 Å². The zero-order valence-corrected chi connectivity index (χ0v) is 8.64. The molecule has 0 N–H and O–H groups in total. The Bertz CT molecular complexity index is 112. The van der Waals surface area contributed by atoms with E-state index in [-0.39, 0.29) is 11.6 Å². The summed E-state index contributed by atoms with van der Waals surface area (Å²) in [5.41, 5.74) is 0. The highest BCUT2D eigenvalue weighted by Crippen LogP contribution is 2.09. The Morgan fingerprint density at radius 2 is 1.00 bits per heavy atom. The molecule has 0 aromatic carbocycles. The van der Waals surface area contributed by atoms with Crippen molar-refractivity contribution in [1.82, 2.24) is 0 Å². The quantitative estimate of drug-likeness (QED) is 0.526. The molecule has 0 unspecified atom stereocenters. The molecule has 72 valence electrons. The monoisotopic (exact) mass is 172 g/mol. The molecule has 0 amide bonds. The van der Waals surface area contributed by atoms with Gasteiger partial charge in [-0.2, -0.15) is 0 Å². The highest BCUT2D eigenvalue weighted by molar-refractivity contribution is 6.37. The molecule has 0 atom stereocenters. The van der Waals surface area contributed by atoms with Crippen molar-refractivity contribution in [2.75, 3.05) is 0 Å². The topological polar surface area (TPSA) is 34.1 Å². The molecular formula is C10H20O2. The molecule has 1 fully saturated rings. The Morgan fingerprint density at radius 3 is 1.17 bits per heavy atom. The molecule has 0 aromatic rings. The summed E-state index contributed by atoms with van der Waals surface area (Å²) >= 11 is 0. The average Bonchev–Trinajstić information content (AvgIpc) is 2.17. The van der Waals surface area contributed by atoms with Crippen LogP contribution in [0.2, 0.25) is 0 Å². The third-order valence-electron chi connectivity index (χ3n) is 1.37. The van der Waals surface area contributed by atoms with Crippen LogP contribution in [-0.4, -0.2) is 11.6 Å². The molecule has 0 heterocycles. The van der Waals surface area contributed by atoms with Crippen LogP contribution in [-0.2, 0) is 9.59 Å². The fourth-order valence-corrected chi connectivity index (χ4v) is 0.850. The number of hydrogen-bond acceptors (Lipinski definition) is 2. The summed E-state index contributed by atoms with van der Waals surface area (Å²) < 4.78 is 0. The van der Waals surface area contributed by atoms with Crippen molar-refractivity contribution in [3.63, 3.8) is 0 Å². The molecule has 0 saturated heterocycles. The number of rotatable bonds is 0. The van der Waals surface area contributed by atoms with Crippen LogP contribution in [0.1, 0.15) is 53.4 Å². The molecule has 0 bridgehead atoms. The van der Waals surface area contributed by atoms with Crippen molar-refractivity contribution in [2.24, 2.45) is 0 Å². The van der Waals surface area contributed by atoms with E-state index in [4.69, 9.17) is 0 Å². The smallest absolute Gasteiger partial charge is 0.198 e. The van der Waals surface area contributed by atoms with Crippen molar-refractivity contribution in [3.05, 3.63) is 0 Å². The predicted molar refractivity (Wildman–Crippen MR) is 51.2 cm³/mol. The van der Waals surface area contributed by atoms with E-state index in [1.165, 1.54) is 0 Å². The molecule has 2 nitrogen and oxygen atoms in total. The van der Waals surface area contributed by atoms with Crippen LogP contribution in [0, 0.1) is 0 Å². The number of hydrogen-bond donors (Lipinski definition) is 0. The lowest BCUT2D eigenvalue weighted by Gasteiger charge is -2.04. The van der Waals surface area contributed by atoms with Gasteiger partial charge in [-0.3, -0.25) is 9.59 Å². The first kappa shape index (κ1) is 13.9. The van der Waals surface area contributed by atoms with Crippen molar-refractivity contribution in [1.29, 1.82) is 0 Å². The molecule has 0 aromatic heterocycles. The Labute approximate surface area is 75.4 Å². The lowest BCUT2D eigenvalue weighted by atomic mass is 9.98. The van der Waals surface area contributed by atoms with E-state index in [0.717, 1.165) is 12.8 Å². The van der Waals surface area contributed by atoms with Gasteiger partial charge in [-0.05, 0) is 12.8 Å². The number of Topliss-reactive ketones (excluding diaryl/α,β-unsaturated/α-hetero) is 2.